The lowest BCUT2D eigenvalue weighted by Gasteiger charge is -2.12. The van der Waals surface area contributed by atoms with Crippen LogP contribution in [-0.4, -0.2) is 19.9 Å². The van der Waals surface area contributed by atoms with E-state index in [-0.39, 0.29) is 6.04 Å². The predicted octanol–water partition coefficient (Wildman–Crippen LogP) is 3.08. The maximum absolute atomic E-state index is 10.5. The number of aliphatic hydroxyl groups is 1. The lowest BCUT2D eigenvalue weighted by Crippen LogP contribution is -2.11. The van der Waals surface area contributed by atoms with Crippen LogP contribution in [0.15, 0.2) is 12.4 Å². The molecular weight excluding hydrogens is 270 g/mol. The molecule has 108 valence electrons. The lowest BCUT2D eigenvalue weighted by atomic mass is 9.99. The molecule has 20 heavy (non-hydrogen) atoms. The van der Waals surface area contributed by atoms with Crippen molar-refractivity contribution in [1.82, 2.24) is 14.8 Å². The van der Waals surface area contributed by atoms with Crippen LogP contribution >= 0.6 is 11.3 Å². The van der Waals surface area contributed by atoms with E-state index < -0.39 is 6.10 Å². The Morgan fingerprint density at radius 3 is 2.90 bits per heavy atom. The summed E-state index contributed by atoms with van der Waals surface area (Å²) >= 11 is 1.77. The summed E-state index contributed by atoms with van der Waals surface area (Å²) in [6, 6.07) is 2.47. The van der Waals surface area contributed by atoms with E-state index in [1.54, 1.807) is 17.7 Å². The molecule has 0 saturated carbocycles. The van der Waals surface area contributed by atoms with Crippen LogP contribution < -0.4 is 0 Å². The SMILES string of the molecule is CC(C)n1ncnc1CC(O)c1cc2c(s1)CCCC2. The molecule has 0 bridgehead atoms. The van der Waals surface area contributed by atoms with Crippen LogP contribution in [0, 0.1) is 0 Å². The Kier molecular flexibility index (Phi) is 3.89. The monoisotopic (exact) mass is 291 g/mol. The second-order valence-corrected chi connectivity index (χ2v) is 6.91. The summed E-state index contributed by atoms with van der Waals surface area (Å²) in [5, 5.41) is 14.7. The Balaban J connectivity index is 1.77. The summed E-state index contributed by atoms with van der Waals surface area (Å²) in [5.41, 5.74) is 1.45. The zero-order valence-corrected chi connectivity index (χ0v) is 12.9. The van der Waals surface area contributed by atoms with Crippen molar-refractivity contribution in [2.45, 2.75) is 58.1 Å². The van der Waals surface area contributed by atoms with Crippen LogP contribution in [0.5, 0.6) is 0 Å². The van der Waals surface area contributed by atoms with Gasteiger partial charge >= 0.3 is 0 Å². The molecule has 5 heteroatoms. The van der Waals surface area contributed by atoms with Gasteiger partial charge in [0.25, 0.3) is 0 Å². The quantitative estimate of drug-likeness (QED) is 0.942. The number of fused-ring (bicyclic) bond motifs is 1. The molecular formula is C15H21N3OS. The molecule has 0 fully saturated rings. The summed E-state index contributed by atoms with van der Waals surface area (Å²) in [6.45, 7) is 4.16. The number of hydrogen-bond donors (Lipinski definition) is 1. The first-order chi connectivity index (χ1) is 9.65. The van der Waals surface area contributed by atoms with E-state index in [0.29, 0.717) is 6.42 Å². The molecule has 0 aromatic carbocycles. The molecule has 0 spiro atoms. The number of aryl methyl sites for hydroxylation is 2. The van der Waals surface area contributed by atoms with Gasteiger partial charge in [0.05, 0.1) is 6.10 Å². The van der Waals surface area contributed by atoms with Gasteiger partial charge in [0.2, 0.25) is 0 Å². The molecule has 0 amide bonds. The molecule has 0 saturated heterocycles. The zero-order chi connectivity index (χ0) is 14.1. The molecule has 1 N–H and O–H groups in total. The third-order valence-corrected chi connectivity index (χ3v) is 5.19. The molecule has 2 aromatic rings. The topological polar surface area (TPSA) is 50.9 Å². The fraction of sp³-hybridized carbons (Fsp3) is 0.600. The maximum atomic E-state index is 10.5. The number of thiophene rings is 1. The normalized spacial score (nSPS) is 16.4. The first-order valence-electron chi connectivity index (χ1n) is 7.33. The molecule has 0 radical (unpaired) electrons. The molecule has 4 nitrogen and oxygen atoms in total. The second-order valence-electron chi connectivity index (χ2n) is 5.74. The van der Waals surface area contributed by atoms with Crippen LogP contribution in [0.4, 0.5) is 0 Å². The Bertz CT molecular complexity index is 564. The number of hydrogen-bond acceptors (Lipinski definition) is 4. The van der Waals surface area contributed by atoms with Crippen LogP contribution in [-0.2, 0) is 19.3 Å². The molecule has 2 aromatic heterocycles. The van der Waals surface area contributed by atoms with Gasteiger partial charge in [-0.05, 0) is 51.2 Å². The third-order valence-electron chi connectivity index (χ3n) is 3.86. The van der Waals surface area contributed by atoms with Gasteiger partial charge in [0, 0.05) is 22.2 Å². The highest BCUT2D eigenvalue weighted by molar-refractivity contribution is 7.12. The van der Waals surface area contributed by atoms with Gasteiger partial charge in [-0.3, -0.25) is 0 Å². The number of rotatable bonds is 4. The van der Waals surface area contributed by atoms with Gasteiger partial charge in [-0.25, -0.2) is 9.67 Å². The smallest absolute Gasteiger partial charge is 0.138 e. The first-order valence-corrected chi connectivity index (χ1v) is 8.14. The standard InChI is InChI=1S/C15H21N3OS/c1-10(2)18-15(16-9-17-18)8-12(19)14-7-11-5-3-4-6-13(11)20-14/h7,9-10,12,19H,3-6,8H2,1-2H3. The summed E-state index contributed by atoms with van der Waals surface area (Å²) in [5.74, 6) is 0.860. The van der Waals surface area contributed by atoms with Gasteiger partial charge in [0.1, 0.15) is 12.2 Å². The van der Waals surface area contributed by atoms with Gasteiger partial charge in [-0.15, -0.1) is 11.3 Å². The largest absolute Gasteiger partial charge is 0.387 e. The van der Waals surface area contributed by atoms with E-state index in [2.05, 4.69) is 30.0 Å². The Morgan fingerprint density at radius 2 is 2.15 bits per heavy atom. The van der Waals surface area contributed by atoms with Crippen molar-refractivity contribution < 1.29 is 5.11 Å². The van der Waals surface area contributed by atoms with Crippen molar-refractivity contribution in [2.24, 2.45) is 0 Å². The number of aromatic nitrogens is 3. The minimum absolute atomic E-state index is 0.274. The number of aliphatic hydroxyl groups excluding tert-OH is 1. The van der Waals surface area contributed by atoms with E-state index in [9.17, 15) is 5.11 Å². The van der Waals surface area contributed by atoms with Crippen molar-refractivity contribution in [3.05, 3.63) is 33.5 Å². The van der Waals surface area contributed by atoms with Gasteiger partial charge in [-0.1, -0.05) is 0 Å². The van der Waals surface area contributed by atoms with Crippen molar-refractivity contribution in [1.29, 1.82) is 0 Å². The molecule has 0 aliphatic heterocycles. The first kappa shape index (κ1) is 13.8. The van der Waals surface area contributed by atoms with Crippen molar-refractivity contribution in [3.8, 4) is 0 Å². The van der Waals surface area contributed by atoms with Crippen LogP contribution in [0.3, 0.4) is 0 Å². The molecule has 1 aliphatic rings. The van der Waals surface area contributed by atoms with E-state index in [4.69, 9.17) is 0 Å². The lowest BCUT2D eigenvalue weighted by molar-refractivity contribution is 0.177. The zero-order valence-electron chi connectivity index (χ0n) is 12.0. The highest BCUT2D eigenvalue weighted by Gasteiger charge is 2.20. The minimum atomic E-state index is -0.465. The van der Waals surface area contributed by atoms with Crippen molar-refractivity contribution in [3.63, 3.8) is 0 Å². The Hall–Kier alpha value is -1.20. The fourth-order valence-corrected chi connectivity index (χ4v) is 4.05. The maximum Gasteiger partial charge on any atom is 0.138 e. The average molecular weight is 291 g/mol. The second kappa shape index (κ2) is 5.66. The van der Waals surface area contributed by atoms with Crippen LogP contribution in [0.25, 0.3) is 0 Å². The van der Waals surface area contributed by atoms with E-state index >= 15 is 0 Å². The van der Waals surface area contributed by atoms with E-state index in [0.717, 1.165) is 10.7 Å². The van der Waals surface area contributed by atoms with E-state index in [1.807, 2.05) is 4.68 Å². The summed E-state index contributed by atoms with van der Waals surface area (Å²) in [6.07, 6.45) is 6.55. The average Bonchev–Trinajstić information content (AvgIpc) is 3.03. The van der Waals surface area contributed by atoms with Gasteiger partial charge in [0.15, 0.2) is 0 Å². The summed E-state index contributed by atoms with van der Waals surface area (Å²) in [4.78, 5) is 6.83. The van der Waals surface area contributed by atoms with Gasteiger partial charge < -0.3 is 5.11 Å². The molecule has 1 unspecified atom stereocenters. The van der Waals surface area contributed by atoms with Crippen molar-refractivity contribution >= 4 is 11.3 Å². The van der Waals surface area contributed by atoms with E-state index in [1.165, 1.54) is 36.1 Å². The molecule has 1 atom stereocenters. The highest BCUT2D eigenvalue weighted by atomic mass is 32.1. The molecule has 3 rings (SSSR count). The Labute approximate surface area is 123 Å². The predicted molar refractivity (Wildman–Crippen MR) is 80.0 cm³/mol. The molecule has 2 heterocycles. The number of nitrogens with zero attached hydrogens (tertiary/aromatic N) is 3. The molecule has 1 aliphatic carbocycles. The Morgan fingerprint density at radius 1 is 1.35 bits per heavy atom. The van der Waals surface area contributed by atoms with Crippen molar-refractivity contribution in [2.75, 3.05) is 0 Å². The third kappa shape index (κ3) is 2.65. The van der Waals surface area contributed by atoms with Gasteiger partial charge in [-0.2, -0.15) is 5.10 Å². The minimum Gasteiger partial charge on any atom is -0.387 e. The fourth-order valence-electron chi connectivity index (χ4n) is 2.80. The summed E-state index contributed by atoms with van der Waals surface area (Å²) < 4.78 is 1.89. The van der Waals surface area contributed by atoms with Crippen LogP contribution in [0.2, 0.25) is 0 Å². The van der Waals surface area contributed by atoms with Crippen LogP contribution in [0.1, 0.15) is 60.0 Å². The summed E-state index contributed by atoms with van der Waals surface area (Å²) in [7, 11) is 0. The highest BCUT2D eigenvalue weighted by Crippen LogP contribution is 2.33.